The summed E-state index contributed by atoms with van der Waals surface area (Å²) in [7, 11) is 0. The molecule has 0 aromatic rings. The molecule has 0 saturated carbocycles. The molecule has 0 saturated heterocycles. The van der Waals surface area contributed by atoms with Gasteiger partial charge in [-0.25, -0.2) is 14.4 Å². The number of hydrogen-bond acceptors (Lipinski definition) is 6. The SMILES string of the molecule is CC(C)CCCCC(O[C](OC(CCCCC(C)C)C(=O)O)OC(CCCCC(C)C)C(=O)O)C(=O)O. The summed E-state index contributed by atoms with van der Waals surface area (Å²) in [5.41, 5.74) is 0. The van der Waals surface area contributed by atoms with E-state index in [1.807, 2.05) is 0 Å². The maximum absolute atomic E-state index is 11.9. The van der Waals surface area contributed by atoms with E-state index in [1.165, 1.54) is 0 Å². The average molecular weight is 532 g/mol. The molecule has 9 heteroatoms. The maximum Gasteiger partial charge on any atom is 0.373 e. The van der Waals surface area contributed by atoms with Crippen LogP contribution < -0.4 is 0 Å². The Morgan fingerprint density at radius 3 is 0.865 bits per heavy atom. The molecule has 0 aromatic carbocycles. The molecule has 217 valence electrons. The zero-order valence-corrected chi connectivity index (χ0v) is 23.7. The van der Waals surface area contributed by atoms with Crippen molar-refractivity contribution < 1.29 is 43.9 Å². The molecule has 0 aliphatic heterocycles. The van der Waals surface area contributed by atoms with Crippen LogP contribution in [0.15, 0.2) is 0 Å². The minimum atomic E-state index is -1.34. The highest BCUT2D eigenvalue weighted by atomic mass is 16.9. The topological polar surface area (TPSA) is 140 Å². The van der Waals surface area contributed by atoms with Crippen molar-refractivity contribution in [2.24, 2.45) is 17.8 Å². The Balaban J connectivity index is 5.46. The van der Waals surface area contributed by atoms with Gasteiger partial charge in [0.25, 0.3) is 0 Å². The van der Waals surface area contributed by atoms with E-state index in [1.54, 1.807) is 0 Å². The number of carbonyl (C=O) groups is 3. The molecule has 3 N–H and O–H groups in total. The van der Waals surface area contributed by atoms with Crippen LogP contribution >= 0.6 is 0 Å². The Kier molecular flexibility index (Phi) is 19.3. The van der Waals surface area contributed by atoms with Crippen molar-refractivity contribution in [2.75, 3.05) is 0 Å². The summed E-state index contributed by atoms with van der Waals surface area (Å²) in [4.78, 5) is 35.6. The van der Waals surface area contributed by atoms with Gasteiger partial charge >= 0.3 is 24.4 Å². The van der Waals surface area contributed by atoms with E-state index < -0.39 is 42.7 Å². The number of unbranched alkanes of at least 4 members (excludes halogenated alkanes) is 3. The number of carboxylic acids is 3. The van der Waals surface area contributed by atoms with Gasteiger partial charge in [-0.2, -0.15) is 0 Å². The molecular weight excluding hydrogens is 480 g/mol. The first-order valence-corrected chi connectivity index (χ1v) is 13.9. The molecule has 0 fully saturated rings. The van der Waals surface area contributed by atoms with Crippen LogP contribution in [0.4, 0.5) is 0 Å². The molecule has 9 nitrogen and oxygen atoms in total. The van der Waals surface area contributed by atoms with Gasteiger partial charge in [0.05, 0.1) is 0 Å². The van der Waals surface area contributed by atoms with Gasteiger partial charge in [0.1, 0.15) is 0 Å². The Morgan fingerprint density at radius 2 is 0.676 bits per heavy atom. The predicted octanol–water partition coefficient (Wildman–Crippen LogP) is 6.49. The molecule has 0 bridgehead atoms. The fraction of sp³-hybridized carbons (Fsp3) is 0.857. The second kappa shape index (κ2) is 20.3. The molecule has 0 heterocycles. The summed E-state index contributed by atoms with van der Waals surface area (Å²) in [6, 6.07) is 0. The monoisotopic (exact) mass is 531 g/mol. The van der Waals surface area contributed by atoms with Crippen molar-refractivity contribution in [3.63, 3.8) is 0 Å². The van der Waals surface area contributed by atoms with Crippen LogP contribution in [0.25, 0.3) is 0 Å². The molecule has 0 rings (SSSR count). The maximum atomic E-state index is 11.9. The fourth-order valence-electron chi connectivity index (χ4n) is 3.78. The molecule has 3 atom stereocenters. The van der Waals surface area contributed by atoms with Crippen LogP contribution in [-0.4, -0.2) is 51.5 Å². The predicted molar refractivity (Wildman–Crippen MR) is 141 cm³/mol. The van der Waals surface area contributed by atoms with Gasteiger partial charge < -0.3 is 29.5 Å². The smallest absolute Gasteiger partial charge is 0.373 e. The van der Waals surface area contributed by atoms with Crippen LogP contribution in [0, 0.1) is 24.2 Å². The molecule has 0 aliphatic rings. The first-order chi connectivity index (χ1) is 17.3. The van der Waals surface area contributed by atoms with Gasteiger partial charge in [0.15, 0.2) is 18.3 Å². The van der Waals surface area contributed by atoms with E-state index in [-0.39, 0.29) is 19.3 Å². The third kappa shape index (κ3) is 19.1. The van der Waals surface area contributed by atoms with Crippen LogP contribution in [0.2, 0.25) is 0 Å². The van der Waals surface area contributed by atoms with E-state index in [0.717, 1.165) is 38.5 Å². The summed E-state index contributed by atoms with van der Waals surface area (Å²) in [6.07, 6.45) is 3.44. The fourth-order valence-corrected chi connectivity index (χ4v) is 3.78. The molecule has 3 unspecified atom stereocenters. The third-order valence-corrected chi connectivity index (χ3v) is 6.04. The van der Waals surface area contributed by atoms with E-state index in [9.17, 15) is 29.7 Å². The van der Waals surface area contributed by atoms with Crippen LogP contribution in [0.5, 0.6) is 0 Å². The van der Waals surface area contributed by atoms with E-state index in [0.29, 0.717) is 37.0 Å². The first kappa shape index (κ1) is 35.3. The van der Waals surface area contributed by atoms with Crippen molar-refractivity contribution >= 4 is 17.9 Å². The Hall–Kier alpha value is -1.71. The lowest BCUT2D eigenvalue weighted by atomic mass is 10.0. The van der Waals surface area contributed by atoms with Gasteiger partial charge in [-0.1, -0.05) is 99.3 Å². The molecule has 0 spiro atoms. The van der Waals surface area contributed by atoms with Crippen molar-refractivity contribution in [3.8, 4) is 0 Å². The Morgan fingerprint density at radius 1 is 0.459 bits per heavy atom. The highest BCUT2D eigenvalue weighted by molar-refractivity contribution is 5.73. The summed E-state index contributed by atoms with van der Waals surface area (Å²) in [5, 5.41) is 29.1. The lowest BCUT2D eigenvalue weighted by Crippen LogP contribution is -2.36. The zero-order chi connectivity index (χ0) is 28.4. The van der Waals surface area contributed by atoms with Crippen molar-refractivity contribution in [3.05, 3.63) is 6.48 Å². The summed E-state index contributed by atoms with van der Waals surface area (Å²) in [5.74, 6) is -2.29. The molecular formula is C28H51O9. The minimum Gasteiger partial charge on any atom is -0.479 e. The molecule has 37 heavy (non-hydrogen) atoms. The first-order valence-electron chi connectivity index (χ1n) is 13.9. The van der Waals surface area contributed by atoms with Crippen LogP contribution in [0.1, 0.15) is 119 Å². The number of aliphatic carboxylic acids is 3. The van der Waals surface area contributed by atoms with E-state index in [2.05, 4.69) is 41.5 Å². The minimum absolute atomic E-state index is 0.163. The van der Waals surface area contributed by atoms with Gasteiger partial charge in [0, 0.05) is 0 Å². The zero-order valence-electron chi connectivity index (χ0n) is 23.7. The van der Waals surface area contributed by atoms with Gasteiger partial charge in [-0.05, 0) is 37.0 Å². The van der Waals surface area contributed by atoms with Gasteiger partial charge in [-0.15, -0.1) is 0 Å². The normalized spacial score (nSPS) is 14.4. The average Bonchev–Trinajstić information content (AvgIpc) is 2.78. The molecule has 0 amide bonds. The van der Waals surface area contributed by atoms with Crippen molar-refractivity contribution in [1.82, 2.24) is 0 Å². The highest BCUT2D eigenvalue weighted by Crippen LogP contribution is 2.24. The largest absolute Gasteiger partial charge is 0.479 e. The second-order valence-corrected chi connectivity index (χ2v) is 11.1. The molecule has 0 aliphatic carbocycles. The second-order valence-electron chi connectivity index (χ2n) is 11.1. The van der Waals surface area contributed by atoms with E-state index >= 15 is 0 Å². The third-order valence-electron chi connectivity index (χ3n) is 6.04. The quantitative estimate of drug-likeness (QED) is 0.119. The van der Waals surface area contributed by atoms with Crippen LogP contribution in [0.3, 0.4) is 0 Å². The van der Waals surface area contributed by atoms with Gasteiger partial charge in [-0.3, -0.25) is 0 Å². The van der Waals surface area contributed by atoms with Gasteiger partial charge in [0.2, 0.25) is 0 Å². The van der Waals surface area contributed by atoms with Crippen molar-refractivity contribution in [1.29, 1.82) is 0 Å². The number of rotatable bonds is 24. The number of carboxylic acid groups (broad SMARTS) is 3. The summed E-state index contributed by atoms with van der Waals surface area (Å²) >= 11 is 0. The Labute approximate surface area is 223 Å². The standard InChI is InChI=1S/C28H51O9/c1-19(2)13-7-10-16-22(25(29)30)35-28(36-23(26(31)32)17-11-8-14-20(3)4)37-24(27(33)34)18-12-9-15-21(5)6/h19-24H,7-18H2,1-6H3,(H,29,30)(H,31,32)(H,33,34). The Bertz CT molecular complexity index is 548. The lowest BCUT2D eigenvalue weighted by molar-refractivity contribution is -0.247. The molecule has 0 aromatic heterocycles. The highest BCUT2D eigenvalue weighted by Gasteiger charge is 2.34. The summed E-state index contributed by atoms with van der Waals surface area (Å²) < 4.78 is 16.5. The van der Waals surface area contributed by atoms with Crippen LogP contribution in [-0.2, 0) is 28.6 Å². The van der Waals surface area contributed by atoms with E-state index in [4.69, 9.17) is 14.2 Å². The number of hydrogen-bond donors (Lipinski definition) is 3. The van der Waals surface area contributed by atoms with Crippen molar-refractivity contribution in [2.45, 2.75) is 137 Å². The molecule has 1 radical (unpaired) electrons. The lowest BCUT2D eigenvalue weighted by Gasteiger charge is -2.26. The number of ether oxygens (including phenoxy) is 3. The summed E-state index contributed by atoms with van der Waals surface area (Å²) in [6.45, 7) is 11.8.